The normalized spacial score (nSPS) is 11.3. The lowest BCUT2D eigenvalue weighted by molar-refractivity contribution is -0.384. The molecule has 0 atom stereocenters. The molecule has 0 bridgehead atoms. The number of benzene rings is 2. The minimum absolute atomic E-state index is 0.0872. The van der Waals surface area contributed by atoms with Crippen LogP contribution in [0.5, 0.6) is 0 Å². The highest BCUT2D eigenvalue weighted by Gasteiger charge is 2.12. The number of nitrogens with zero attached hydrogens (tertiary/aromatic N) is 4. The number of unbranched alkanes of at least 4 members (excludes halogenated alkanes) is 1. The van der Waals surface area contributed by atoms with Gasteiger partial charge in [0.1, 0.15) is 0 Å². The van der Waals surface area contributed by atoms with Gasteiger partial charge in [-0.1, -0.05) is 23.5 Å². The van der Waals surface area contributed by atoms with E-state index in [1.54, 1.807) is 47.8 Å². The van der Waals surface area contributed by atoms with Crippen LogP contribution in [0.25, 0.3) is 20.4 Å². The van der Waals surface area contributed by atoms with Crippen LogP contribution in [-0.2, 0) is 0 Å². The van der Waals surface area contributed by atoms with E-state index in [4.69, 9.17) is 0 Å². The smallest absolute Gasteiger partial charge is 0.258 e. The van der Waals surface area contributed by atoms with Gasteiger partial charge in [-0.2, -0.15) is 0 Å². The van der Waals surface area contributed by atoms with Gasteiger partial charge in [0, 0.05) is 35.8 Å². The number of aromatic nitrogens is 2. The molecule has 0 radical (unpaired) electrons. The molecule has 30 heavy (non-hydrogen) atoms. The fourth-order valence-electron chi connectivity index (χ4n) is 2.66. The van der Waals surface area contributed by atoms with Crippen LogP contribution in [0.3, 0.4) is 0 Å². The van der Waals surface area contributed by atoms with Gasteiger partial charge in [-0.05, 0) is 25.0 Å². The second-order valence-corrected chi connectivity index (χ2v) is 10.9. The lowest BCUT2D eigenvalue weighted by Crippen LogP contribution is -1.86. The maximum atomic E-state index is 10.9. The van der Waals surface area contributed by atoms with E-state index in [0.717, 1.165) is 53.5 Å². The van der Waals surface area contributed by atoms with E-state index in [0.29, 0.717) is 0 Å². The predicted molar refractivity (Wildman–Crippen MR) is 123 cm³/mol. The first-order chi connectivity index (χ1) is 14.5. The van der Waals surface area contributed by atoms with Gasteiger partial charge in [0.05, 0.1) is 30.3 Å². The van der Waals surface area contributed by atoms with Crippen LogP contribution in [0.4, 0.5) is 11.4 Å². The van der Waals surface area contributed by atoms with Crippen molar-refractivity contribution < 1.29 is 9.85 Å². The molecular formula is C18H14N4O4S4. The molecule has 2 aromatic carbocycles. The first kappa shape index (κ1) is 21.0. The fraction of sp³-hybridized carbons (Fsp3) is 0.222. The maximum Gasteiger partial charge on any atom is 0.270 e. The number of hydrogen-bond acceptors (Lipinski definition) is 10. The summed E-state index contributed by atoms with van der Waals surface area (Å²) in [5.74, 6) is 1.85. The third-order valence-corrected chi connectivity index (χ3v) is 8.61. The topological polar surface area (TPSA) is 112 Å². The van der Waals surface area contributed by atoms with Crippen molar-refractivity contribution in [3.05, 3.63) is 56.6 Å². The largest absolute Gasteiger partial charge is 0.270 e. The Morgan fingerprint density at radius 1 is 0.767 bits per heavy atom. The number of nitro benzene ring substituents is 2. The Kier molecular flexibility index (Phi) is 6.46. The number of thiazole rings is 2. The Hall–Kier alpha value is -2.28. The third-order valence-electron chi connectivity index (χ3n) is 4.12. The van der Waals surface area contributed by atoms with Crippen LogP contribution in [0.15, 0.2) is 45.1 Å². The molecule has 0 spiro atoms. The zero-order valence-corrected chi connectivity index (χ0v) is 18.6. The van der Waals surface area contributed by atoms with Gasteiger partial charge in [-0.25, -0.2) is 9.97 Å². The summed E-state index contributed by atoms with van der Waals surface area (Å²) in [6, 6.07) is 9.48. The van der Waals surface area contributed by atoms with Crippen LogP contribution in [0.2, 0.25) is 0 Å². The lowest BCUT2D eigenvalue weighted by Gasteiger charge is -1.98. The number of non-ortho nitro benzene ring substituents is 2. The number of rotatable bonds is 9. The van der Waals surface area contributed by atoms with Gasteiger partial charge in [0.25, 0.3) is 11.4 Å². The molecule has 0 aliphatic rings. The van der Waals surface area contributed by atoms with Crippen LogP contribution in [0, 0.1) is 20.2 Å². The van der Waals surface area contributed by atoms with Crippen molar-refractivity contribution in [1.29, 1.82) is 0 Å². The highest BCUT2D eigenvalue weighted by molar-refractivity contribution is 8.01. The van der Waals surface area contributed by atoms with E-state index >= 15 is 0 Å². The second kappa shape index (κ2) is 9.25. The summed E-state index contributed by atoms with van der Waals surface area (Å²) in [5, 5.41) is 21.7. The van der Waals surface area contributed by atoms with Crippen molar-refractivity contribution in [3.8, 4) is 0 Å². The molecular weight excluding hydrogens is 464 g/mol. The summed E-state index contributed by atoms with van der Waals surface area (Å²) >= 11 is 6.29. The Labute approximate surface area is 187 Å². The second-order valence-electron chi connectivity index (χ2n) is 6.18. The first-order valence-corrected chi connectivity index (χ1v) is 12.5. The van der Waals surface area contributed by atoms with Crippen molar-refractivity contribution in [1.82, 2.24) is 9.97 Å². The van der Waals surface area contributed by atoms with E-state index in [-0.39, 0.29) is 11.4 Å². The summed E-state index contributed by atoms with van der Waals surface area (Å²) in [6.07, 6.45) is 2.04. The summed E-state index contributed by atoms with van der Waals surface area (Å²) in [4.78, 5) is 30.0. The Bertz CT molecular complexity index is 1140. The zero-order valence-electron chi connectivity index (χ0n) is 15.3. The van der Waals surface area contributed by atoms with Crippen LogP contribution in [-0.4, -0.2) is 31.3 Å². The molecule has 0 aliphatic heterocycles. The highest BCUT2D eigenvalue weighted by Crippen LogP contribution is 2.34. The summed E-state index contributed by atoms with van der Waals surface area (Å²) < 4.78 is 3.51. The summed E-state index contributed by atoms with van der Waals surface area (Å²) in [7, 11) is 0. The Balaban J connectivity index is 1.24. The molecule has 154 valence electrons. The van der Waals surface area contributed by atoms with Crippen LogP contribution in [0.1, 0.15) is 12.8 Å². The average Bonchev–Trinajstić information content (AvgIpc) is 3.32. The Morgan fingerprint density at radius 2 is 1.20 bits per heavy atom. The third kappa shape index (κ3) is 4.89. The molecule has 0 amide bonds. The minimum Gasteiger partial charge on any atom is -0.258 e. The molecule has 0 unspecified atom stereocenters. The van der Waals surface area contributed by atoms with Crippen molar-refractivity contribution in [2.75, 3.05) is 11.5 Å². The van der Waals surface area contributed by atoms with Gasteiger partial charge in [-0.3, -0.25) is 20.2 Å². The van der Waals surface area contributed by atoms with Crippen molar-refractivity contribution in [2.45, 2.75) is 21.5 Å². The quantitative estimate of drug-likeness (QED) is 0.118. The molecule has 2 heterocycles. The van der Waals surface area contributed by atoms with Gasteiger partial charge >= 0.3 is 0 Å². The van der Waals surface area contributed by atoms with Crippen molar-refractivity contribution >= 4 is 78.0 Å². The van der Waals surface area contributed by atoms with Gasteiger partial charge in [0.15, 0.2) is 8.68 Å². The molecule has 0 saturated heterocycles. The zero-order chi connectivity index (χ0) is 21.1. The number of fused-ring (bicyclic) bond motifs is 2. The summed E-state index contributed by atoms with van der Waals surface area (Å²) in [6.45, 7) is 0. The van der Waals surface area contributed by atoms with E-state index in [1.807, 2.05) is 0 Å². The molecule has 12 heteroatoms. The molecule has 2 aromatic heterocycles. The van der Waals surface area contributed by atoms with Gasteiger partial charge < -0.3 is 0 Å². The Morgan fingerprint density at radius 3 is 1.60 bits per heavy atom. The lowest BCUT2D eigenvalue weighted by atomic mass is 10.3. The van der Waals surface area contributed by atoms with Crippen LogP contribution >= 0.6 is 46.2 Å². The standard InChI is InChI=1S/C18H14N4O4S4/c23-21(24)11-3-5-13-15(9-11)29-17(19-13)27-7-1-2-8-28-18-20-14-6-4-12(22(25)26)10-16(14)30-18/h3-6,9-10H,1-2,7-8H2. The number of hydrogen-bond donors (Lipinski definition) is 0. The van der Waals surface area contributed by atoms with E-state index < -0.39 is 9.85 Å². The van der Waals surface area contributed by atoms with E-state index in [9.17, 15) is 20.2 Å². The molecule has 0 aliphatic carbocycles. The number of thioether (sulfide) groups is 2. The monoisotopic (exact) mass is 478 g/mol. The van der Waals surface area contributed by atoms with Gasteiger partial charge in [0.2, 0.25) is 0 Å². The number of nitro groups is 2. The fourth-order valence-corrected chi connectivity index (χ4v) is 7.00. The molecule has 4 aromatic rings. The average molecular weight is 479 g/mol. The highest BCUT2D eigenvalue weighted by atomic mass is 32.2. The van der Waals surface area contributed by atoms with Crippen LogP contribution < -0.4 is 0 Å². The molecule has 8 nitrogen and oxygen atoms in total. The molecule has 0 saturated carbocycles. The first-order valence-electron chi connectivity index (χ1n) is 8.85. The van der Waals surface area contributed by atoms with Crippen molar-refractivity contribution in [2.24, 2.45) is 0 Å². The minimum atomic E-state index is -0.393. The SMILES string of the molecule is O=[N+]([O-])c1ccc2nc(SCCCCSc3nc4ccc([N+](=O)[O-])cc4s3)sc2c1. The maximum absolute atomic E-state index is 10.9. The van der Waals surface area contributed by atoms with E-state index in [2.05, 4.69) is 9.97 Å². The molecule has 4 rings (SSSR count). The summed E-state index contributed by atoms with van der Waals surface area (Å²) in [5.41, 5.74) is 1.76. The molecule has 0 fully saturated rings. The predicted octanol–water partition coefficient (Wildman–Crippen LogP) is 6.39. The molecule has 0 N–H and O–H groups in total. The van der Waals surface area contributed by atoms with Crippen molar-refractivity contribution in [3.63, 3.8) is 0 Å². The van der Waals surface area contributed by atoms with E-state index in [1.165, 1.54) is 34.8 Å². The van der Waals surface area contributed by atoms with Gasteiger partial charge in [-0.15, -0.1) is 22.7 Å².